The average molecular weight is 470 g/mol. The first-order valence-corrected chi connectivity index (χ1v) is 11.3. The van der Waals surface area contributed by atoms with Gasteiger partial charge in [0.05, 0.1) is 18.8 Å². The lowest BCUT2D eigenvalue weighted by molar-refractivity contribution is -0.144. The molecule has 0 spiro atoms. The van der Waals surface area contributed by atoms with E-state index in [1.807, 2.05) is 0 Å². The number of phenols is 1. The fraction of sp³-hybridized carbons (Fsp3) is 0.458. The van der Waals surface area contributed by atoms with Crippen molar-refractivity contribution in [3.8, 4) is 5.75 Å². The van der Waals surface area contributed by atoms with E-state index in [-0.39, 0.29) is 29.7 Å². The molecule has 34 heavy (non-hydrogen) atoms. The van der Waals surface area contributed by atoms with Gasteiger partial charge in [-0.05, 0) is 36.0 Å². The van der Waals surface area contributed by atoms with Crippen LogP contribution in [0.1, 0.15) is 34.3 Å². The summed E-state index contributed by atoms with van der Waals surface area (Å²) in [5, 5.41) is 43.1. The summed E-state index contributed by atoms with van der Waals surface area (Å²) in [5.41, 5.74) is 3.33. The van der Waals surface area contributed by atoms with Gasteiger partial charge in [-0.2, -0.15) is 0 Å². The number of nitrogens with zero attached hydrogens (tertiary/aromatic N) is 1. The van der Waals surface area contributed by atoms with E-state index in [0.29, 0.717) is 31.7 Å². The Morgan fingerprint density at radius 3 is 2.53 bits per heavy atom. The van der Waals surface area contributed by atoms with E-state index in [4.69, 9.17) is 10.5 Å². The molecule has 1 aromatic carbocycles. The Kier molecular flexibility index (Phi) is 5.27. The number of nitrogens with two attached hydrogens (primary N) is 1. The lowest BCUT2D eigenvalue weighted by Crippen LogP contribution is -2.57. The molecule has 180 valence electrons. The summed E-state index contributed by atoms with van der Waals surface area (Å²) in [7, 11) is 0. The van der Waals surface area contributed by atoms with Crippen molar-refractivity contribution in [1.29, 1.82) is 0 Å². The summed E-state index contributed by atoms with van der Waals surface area (Å²) in [5.74, 6) is -6.19. The fourth-order valence-electron chi connectivity index (χ4n) is 5.83. The van der Waals surface area contributed by atoms with Crippen LogP contribution in [0.15, 0.2) is 34.8 Å². The van der Waals surface area contributed by atoms with Crippen molar-refractivity contribution in [3.63, 3.8) is 0 Å². The smallest absolute Gasteiger partial charge is 0.255 e. The van der Waals surface area contributed by atoms with E-state index in [1.165, 1.54) is 6.07 Å². The standard InChI is InChI=1S/C24H26N2O8/c25-23(32)19-16(28)9-13-7-12-8-14-11(10-26-3-5-34-6-4-26)1-2-15(27)18(14)20(29)17(12)21(30)24(13,33)22(19)31/h1-2,12-13,27-28,30,33H,3-10H2,(H2,25,32)/t12-,13+,24+/m1/s1. The van der Waals surface area contributed by atoms with E-state index in [1.54, 1.807) is 6.07 Å². The molecule has 4 aliphatic rings. The zero-order chi connectivity index (χ0) is 24.4. The highest BCUT2D eigenvalue weighted by Gasteiger charge is 2.59. The number of benzene rings is 1. The number of allylic oxidation sites excluding steroid dienone is 2. The Hall–Kier alpha value is -3.21. The number of aromatic hydroxyl groups is 1. The molecular weight excluding hydrogens is 444 g/mol. The molecule has 10 heteroatoms. The van der Waals surface area contributed by atoms with Crippen LogP contribution in [-0.2, 0) is 27.3 Å². The third-order valence-electron chi connectivity index (χ3n) is 7.54. The van der Waals surface area contributed by atoms with Crippen molar-refractivity contribution < 1.29 is 39.5 Å². The summed E-state index contributed by atoms with van der Waals surface area (Å²) in [4.78, 5) is 40.4. The predicted molar refractivity (Wildman–Crippen MR) is 117 cm³/mol. The molecule has 0 bridgehead atoms. The summed E-state index contributed by atoms with van der Waals surface area (Å²) in [6.45, 7) is 3.27. The van der Waals surface area contributed by atoms with Gasteiger partial charge in [-0.25, -0.2) is 0 Å². The van der Waals surface area contributed by atoms with Crippen molar-refractivity contribution in [2.75, 3.05) is 26.3 Å². The summed E-state index contributed by atoms with van der Waals surface area (Å²) in [6, 6.07) is 3.21. The molecule has 5 rings (SSSR count). The normalized spacial score (nSPS) is 29.6. The fourth-order valence-corrected chi connectivity index (χ4v) is 5.83. The second-order valence-electron chi connectivity index (χ2n) is 9.40. The van der Waals surface area contributed by atoms with Gasteiger partial charge in [0.25, 0.3) is 5.91 Å². The molecule has 0 radical (unpaired) electrons. The van der Waals surface area contributed by atoms with Crippen LogP contribution in [0, 0.1) is 11.8 Å². The van der Waals surface area contributed by atoms with Gasteiger partial charge in [0.1, 0.15) is 22.8 Å². The van der Waals surface area contributed by atoms with Crippen LogP contribution in [0.25, 0.3) is 0 Å². The summed E-state index contributed by atoms with van der Waals surface area (Å²) < 4.78 is 5.39. The van der Waals surface area contributed by atoms with E-state index in [0.717, 1.165) is 18.7 Å². The zero-order valence-corrected chi connectivity index (χ0v) is 18.4. The van der Waals surface area contributed by atoms with Gasteiger partial charge in [-0.15, -0.1) is 0 Å². The van der Waals surface area contributed by atoms with Gasteiger partial charge in [-0.1, -0.05) is 6.07 Å². The number of hydrogen-bond donors (Lipinski definition) is 5. The molecular formula is C24H26N2O8. The van der Waals surface area contributed by atoms with Crippen molar-refractivity contribution in [1.82, 2.24) is 4.90 Å². The molecule has 6 N–H and O–H groups in total. The number of ether oxygens (including phenoxy) is 1. The van der Waals surface area contributed by atoms with Gasteiger partial charge < -0.3 is 30.9 Å². The molecule has 1 aromatic rings. The maximum Gasteiger partial charge on any atom is 0.255 e. The third-order valence-corrected chi connectivity index (χ3v) is 7.54. The van der Waals surface area contributed by atoms with Crippen LogP contribution >= 0.6 is 0 Å². The Morgan fingerprint density at radius 1 is 1.15 bits per heavy atom. The number of ketones is 2. The van der Waals surface area contributed by atoms with Crippen LogP contribution in [0.4, 0.5) is 0 Å². The molecule has 1 fully saturated rings. The van der Waals surface area contributed by atoms with E-state index < -0.39 is 52.0 Å². The topological polar surface area (TPSA) is 171 Å². The minimum Gasteiger partial charge on any atom is -0.511 e. The molecule has 0 saturated carbocycles. The molecule has 1 heterocycles. The molecule has 0 unspecified atom stereocenters. The Balaban J connectivity index is 1.59. The lowest BCUT2D eigenvalue weighted by atomic mass is 9.60. The van der Waals surface area contributed by atoms with Gasteiger partial charge in [-0.3, -0.25) is 19.3 Å². The number of carbonyl (C=O) groups excluding carboxylic acids is 3. The Bertz CT molecular complexity index is 1180. The van der Waals surface area contributed by atoms with Crippen LogP contribution < -0.4 is 5.73 Å². The highest BCUT2D eigenvalue weighted by molar-refractivity contribution is 6.24. The van der Waals surface area contributed by atoms with Gasteiger partial charge >= 0.3 is 0 Å². The molecule has 1 amide bonds. The van der Waals surface area contributed by atoms with Crippen molar-refractivity contribution in [2.45, 2.75) is 31.4 Å². The van der Waals surface area contributed by atoms with Crippen LogP contribution in [-0.4, -0.2) is 74.7 Å². The highest BCUT2D eigenvalue weighted by Crippen LogP contribution is 2.51. The second-order valence-corrected chi connectivity index (χ2v) is 9.40. The Labute approximate surface area is 194 Å². The van der Waals surface area contributed by atoms with E-state index in [9.17, 15) is 34.8 Å². The van der Waals surface area contributed by atoms with Gasteiger partial charge in [0.15, 0.2) is 11.4 Å². The van der Waals surface area contributed by atoms with E-state index >= 15 is 0 Å². The van der Waals surface area contributed by atoms with Crippen LogP contribution in [0.3, 0.4) is 0 Å². The van der Waals surface area contributed by atoms with Crippen molar-refractivity contribution in [3.05, 3.63) is 51.5 Å². The largest absolute Gasteiger partial charge is 0.511 e. The maximum absolute atomic E-state index is 13.5. The number of morpholine rings is 1. The second kappa shape index (κ2) is 7.93. The molecule has 3 atom stereocenters. The first-order valence-electron chi connectivity index (χ1n) is 11.3. The molecule has 10 nitrogen and oxygen atoms in total. The zero-order valence-electron chi connectivity index (χ0n) is 18.4. The van der Waals surface area contributed by atoms with Crippen molar-refractivity contribution >= 4 is 17.5 Å². The van der Waals surface area contributed by atoms with E-state index in [2.05, 4.69) is 4.90 Å². The number of phenolic OH excluding ortho intramolecular Hbond substituents is 1. The number of rotatable bonds is 3. The number of aliphatic hydroxyl groups excluding tert-OH is 2. The van der Waals surface area contributed by atoms with Crippen LogP contribution in [0.2, 0.25) is 0 Å². The SMILES string of the molecule is NC(=O)C1=C(O)C[C@@H]2C[C@@H]3Cc4c(CN5CCOCC5)ccc(O)c4C(=O)C3=C(O)[C@]2(O)C1=O. The number of Topliss-reactive ketones (excluding diaryl/α,β-unsaturated/α-hetero) is 2. The number of primary amides is 1. The monoisotopic (exact) mass is 470 g/mol. The summed E-state index contributed by atoms with van der Waals surface area (Å²) >= 11 is 0. The molecule has 3 aliphatic carbocycles. The first kappa shape index (κ1) is 22.6. The quantitative estimate of drug-likeness (QED) is 0.393. The van der Waals surface area contributed by atoms with Gasteiger partial charge in [0, 0.05) is 37.5 Å². The minimum absolute atomic E-state index is 0.0439. The predicted octanol–water partition coefficient (Wildman–Crippen LogP) is 0.413. The lowest BCUT2D eigenvalue weighted by Gasteiger charge is -2.45. The minimum atomic E-state index is -2.55. The van der Waals surface area contributed by atoms with Gasteiger partial charge in [0.2, 0.25) is 5.78 Å². The molecule has 1 saturated heterocycles. The number of hydrogen-bond acceptors (Lipinski definition) is 9. The van der Waals surface area contributed by atoms with Crippen molar-refractivity contribution in [2.24, 2.45) is 17.6 Å². The molecule has 1 aliphatic heterocycles. The number of amides is 1. The maximum atomic E-state index is 13.5. The highest BCUT2D eigenvalue weighted by atomic mass is 16.5. The summed E-state index contributed by atoms with van der Waals surface area (Å²) in [6.07, 6.45) is 0.189. The van der Waals surface area contributed by atoms with Crippen LogP contribution in [0.5, 0.6) is 5.75 Å². The number of fused-ring (bicyclic) bond motifs is 3. The molecule has 0 aromatic heterocycles. The number of aliphatic hydroxyl groups is 3. The average Bonchev–Trinajstić information content (AvgIpc) is 2.78. The number of carbonyl (C=O) groups is 3. The first-order chi connectivity index (χ1) is 16.1. The Morgan fingerprint density at radius 2 is 1.85 bits per heavy atom. The third kappa shape index (κ3) is 3.17.